The van der Waals surface area contributed by atoms with E-state index >= 15 is 0 Å². The molecule has 0 saturated heterocycles. The minimum Gasteiger partial charge on any atom is -0.322 e. The predicted molar refractivity (Wildman–Crippen MR) is 108 cm³/mol. The molecule has 0 radical (unpaired) electrons. The summed E-state index contributed by atoms with van der Waals surface area (Å²) in [6.45, 7) is 5.52. The minimum atomic E-state index is -3.26. The van der Waals surface area contributed by atoms with E-state index in [4.69, 9.17) is 0 Å². The first-order valence-corrected chi connectivity index (χ1v) is 10.5. The average Bonchev–Trinajstić information content (AvgIpc) is 2.67. The average molecular weight is 382 g/mol. The molecule has 140 valence electrons. The Morgan fingerprint density at radius 1 is 1.04 bits per heavy atom. The number of anilines is 1. The number of aromatic nitrogens is 1. The van der Waals surface area contributed by atoms with E-state index in [1.807, 2.05) is 38.1 Å². The van der Waals surface area contributed by atoms with Crippen LogP contribution in [0.15, 0.2) is 53.4 Å². The second kappa shape index (κ2) is 7.48. The Balaban J connectivity index is 1.98. The van der Waals surface area contributed by atoms with Crippen LogP contribution in [-0.2, 0) is 16.3 Å². The number of para-hydroxylation sites is 1. The largest absolute Gasteiger partial charge is 0.322 e. The first-order valence-electron chi connectivity index (χ1n) is 8.89. The van der Waals surface area contributed by atoms with Crippen LogP contribution >= 0.6 is 0 Å². The van der Waals surface area contributed by atoms with Crippen molar-refractivity contribution in [2.45, 2.75) is 32.1 Å². The maximum Gasteiger partial charge on any atom is 0.256 e. The molecule has 6 heteroatoms. The SMILES string of the molecule is CCc1nc2ccccc2c(C(=O)Nc2ccc(S(=O)(=O)CC)cc2)c1C. The van der Waals surface area contributed by atoms with Crippen LogP contribution in [-0.4, -0.2) is 25.1 Å². The van der Waals surface area contributed by atoms with E-state index in [2.05, 4.69) is 10.3 Å². The third-order valence-electron chi connectivity index (χ3n) is 4.65. The summed E-state index contributed by atoms with van der Waals surface area (Å²) in [6, 6.07) is 13.8. The van der Waals surface area contributed by atoms with Crippen LogP contribution in [0.3, 0.4) is 0 Å². The van der Waals surface area contributed by atoms with Gasteiger partial charge in [-0.25, -0.2) is 8.42 Å². The Labute approximate surface area is 159 Å². The molecule has 0 aliphatic rings. The molecule has 1 N–H and O–H groups in total. The Kier molecular flexibility index (Phi) is 5.28. The van der Waals surface area contributed by atoms with Crippen molar-refractivity contribution in [2.24, 2.45) is 0 Å². The highest BCUT2D eigenvalue weighted by molar-refractivity contribution is 7.91. The zero-order valence-electron chi connectivity index (χ0n) is 15.6. The summed E-state index contributed by atoms with van der Waals surface area (Å²) >= 11 is 0. The van der Waals surface area contributed by atoms with E-state index in [1.165, 1.54) is 12.1 Å². The second-order valence-corrected chi connectivity index (χ2v) is 8.59. The van der Waals surface area contributed by atoms with Gasteiger partial charge in [0.2, 0.25) is 0 Å². The van der Waals surface area contributed by atoms with Crippen LogP contribution in [0.25, 0.3) is 10.9 Å². The maximum atomic E-state index is 13.0. The summed E-state index contributed by atoms with van der Waals surface area (Å²) in [7, 11) is -3.26. The van der Waals surface area contributed by atoms with Gasteiger partial charge in [-0.3, -0.25) is 9.78 Å². The Bertz CT molecular complexity index is 1100. The lowest BCUT2D eigenvalue weighted by atomic mass is 9.99. The van der Waals surface area contributed by atoms with E-state index < -0.39 is 9.84 Å². The summed E-state index contributed by atoms with van der Waals surface area (Å²) in [4.78, 5) is 17.9. The molecule has 1 amide bonds. The number of hydrogen-bond acceptors (Lipinski definition) is 4. The van der Waals surface area contributed by atoms with Crippen molar-refractivity contribution in [2.75, 3.05) is 11.1 Å². The molecule has 0 unspecified atom stereocenters. The first kappa shape index (κ1) is 19.0. The predicted octanol–water partition coefficient (Wildman–Crippen LogP) is 4.15. The lowest BCUT2D eigenvalue weighted by molar-refractivity contribution is 0.102. The number of sulfone groups is 1. The van der Waals surface area contributed by atoms with Gasteiger partial charge in [0.15, 0.2) is 9.84 Å². The normalized spacial score (nSPS) is 11.5. The van der Waals surface area contributed by atoms with E-state index in [0.29, 0.717) is 11.3 Å². The zero-order valence-corrected chi connectivity index (χ0v) is 16.4. The molecule has 3 aromatic rings. The van der Waals surface area contributed by atoms with E-state index in [1.54, 1.807) is 19.1 Å². The number of pyridine rings is 1. The van der Waals surface area contributed by atoms with Crippen LogP contribution in [0.5, 0.6) is 0 Å². The molecule has 0 bridgehead atoms. The molecular formula is C21H22N2O3S. The summed E-state index contributed by atoms with van der Waals surface area (Å²) in [5, 5.41) is 3.68. The Morgan fingerprint density at radius 3 is 2.33 bits per heavy atom. The molecule has 0 spiro atoms. The van der Waals surface area contributed by atoms with Crippen LogP contribution in [0, 0.1) is 6.92 Å². The number of carbonyl (C=O) groups is 1. The van der Waals surface area contributed by atoms with Crippen molar-refractivity contribution in [3.05, 3.63) is 65.4 Å². The fourth-order valence-corrected chi connectivity index (χ4v) is 3.98. The first-order chi connectivity index (χ1) is 12.9. The van der Waals surface area contributed by atoms with Crippen LogP contribution in [0.4, 0.5) is 5.69 Å². The van der Waals surface area contributed by atoms with E-state index in [0.717, 1.165) is 28.6 Å². The molecular weight excluding hydrogens is 360 g/mol. The molecule has 27 heavy (non-hydrogen) atoms. The highest BCUT2D eigenvalue weighted by Crippen LogP contribution is 2.25. The molecule has 0 aliphatic heterocycles. The van der Waals surface area contributed by atoms with Crippen LogP contribution in [0.1, 0.15) is 35.5 Å². The van der Waals surface area contributed by atoms with Gasteiger partial charge in [-0.15, -0.1) is 0 Å². The van der Waals surface area contributed by atoms with Gasteiger partial charge in [0.05, 0.1) is 21.7 Å². The monoisotopic (exact) mass is 382 g/mol. The van der Waals surface area contributed by atoms with Gasteiger partial charge < -0.3 is 5.32 Å². The number of nitrogens with zero attached hydrogens (tertiary/aromatic N) is 1. The molecule has 2 aromatic carbocycles. The van der Waals surface area contributed by atoms with Crippen molar-refractivity contribution in [3.63, 3.8) is 0 Å². The molecule has 1 aromatic heterocycles. The Hall–Kier alpha value is -2.73. The number of carbonyl (C=O) groups excluding carboxylic acids is 1. The number of rotatable bonds is 5. The van der Waals surface area contributed by atoms with Crippen molar-refractivity contribution in [3.8, 4) is 0 Å². The lowest BCUT2D eigenvalue weighted by Gasteiger charge is -2.14. The molecule has 0 fully saturated rings. The minimum absolute atomic E-state index is 0.0424. The van der Waals surface area contributed by atoms with Gasteiger partial charge in [-0.2, -0.15) is 0 Å². The highest BCUT2D eigenvalue weighted by atomic mass is 32.2. The fraction of sp³-hybridized carbons (Fsp3) is 0.238. The molecule has 0 aliphatic carbocycles. The second-order valence-electron chi connectivity index (χ2n) is 6.31. The Morgan fingerprint density at radius 2 is 1.70 bits per heavy atom. The van der Waals surface area contributed by atoms with E-state index in [-0.39, 0.29) is 16.6 Å². The standard InChI is InChI=1S/C21H22N2O3S/c1-4-18-14(3)20(17-8-6-7-9-19(17)23-18)21(24)22-15-10-12-16(13-11-15)27(25,26)5-2/h6-13H,4-5H2,1-3H3,(H,22,24). The number of fused-ring (bicyclic) bond motifs is 1. The summed E-state index contributed by atoms with van der Waals surface area (Å²) < 4.78 is 23.8. The zero-order chi connectivity index (χ0) is 19.6. The molecule has 3 rings (SSSR count). The molecule has 0 saturated carbocycles. The van der Waals surface area contributed by atoms with E-state index in [9.17, 15) is 13.2 Å². The third-order valence-corrected chi connectivity index (χ3v) is 6.40. The number of benzene rings is 2. The van der Waals surface area contributed by atoms with Crippen molar-refractivity contribution >= 4 is 32.3 Å². The van der Waals surface area contributed by atoms with Crippen LogP contribution in [0.2, 0.25) is 0 Å². The van der Waals surface area contributed by atoms with Gasteiger partial charge in [0, 0.05) is 16.8 Å². The lowest BCUT2D eigenvalue weighted by Crippen LogP contribution is -2.16. The van der Waals surface area contributed by atoms with Gasteiger partial charge in [-0.05, 0) is 49.2 Å². The summed E-state index contributed by atoms with van der Waals surface area (Å²) in [5.41, 5.74) is 3.69. The van der Waals surface area contributed by atoms with Crippen molar-refractivity contribution in [1.82, 2.24) is 4.98 Å². The quantitative estimate of drug-likeness (QED) is 0.719. The van der Waals surface area contributed by atoms with Gasteiger partial charge >= 0.3 is 0 Å². The van der Waals surface area contributed by atoms with Crippen molar-refractivity contribution < 1.29 is 13.2 Å². The summed E-state index contributed by atoms with van der Waals surface area (Å²) in [5.74, 6) is -0.187. The topological polar surface area (TPSA) is 76.1 Å². The third kappa shape index (κ3) is 3.71. The summed E-state index contributed by atoms with van der Waals surface area (Å²) in [6.07, 6.45) is 0.737. The van der Waals surface area contributed by atoms with Crippen LogP contribution < -0.4 is 5.32 Å². The maximum absolute atomic E-state index is 13.0. The van der Waals surface area contributed by atoms with Gasteiger partial charge in [0.1, 0.15) is 0 Å². The number of aryl methyl sites for hydroxylation is 1. The highest BCUT2D eigenvalue weighted by Gasteiger charge is 2.18. The van der Waals surface area contributed by atoms with Gasteiger partial charge in [0.25, 0.3) is 5.91 Å². The van der Waals surface area contributed by atoms with Gasteiger partial charge in [-0.1, -0.05) is 32.0 Å². The molecule has 1 heterocycles. The number of nitrogens with one attached hydrogen (secondary N) is 1. The molecule has 5 nitrogen and oxygen atoms in total. The fourth-order valence-electron chi connectivity index (χ4n) is 3.10. The number of hydrogen-bond donors (Lipinski definition) is 1. The number of amides is 1. The smallest absolute Gasteiger partial charge is 0.256 e. The molecule has 0 atom stereocenters. The van der Waals surface area contributed by atoms with Crippen molar-refractivity contribution in [1.29, 1.82) is 0 Å².